The normalized spacial score (nSPS) is 12.3. The Labute approximate surface area is 151 Å². The summed E-state index contributed by atoms with van der Waals surface area (Å²) in [5, 5.41) is 11.4. The van der Waals surface area contributed by atoms with Crippen LogP contribution in [-0.2, 0) is 11.3 Å². The molecule has 6 heteroatoms. The van der Waals surface area contributed by atoms with Gasteiger partial charge in [0, 0.05) is 0 Å². The summed E-state index contributed by atoms with van der Waals surface area (Å²) in [4.78, 5) is 25.0. The van der Waals surface area contributed by atoms with Crippen molar-refractivity contribution in [3.63, 3.8) is 0 Å². The number of hydrogen-bond donors (Lipinski definition) is 1. The van der Waals surface area contributed by atoms with E-state index in [4.69, 9.17) is 0 Å². The van der Waals surface area contributed by atoms with Gasteiger partial charge >= 0.3 is 0 Å². The van der Waals surface area contributed by atoms with Crippen LogP contribution in [0.2, 0.25) is 0 Å². The van der Waals surface area contributed by atoms with E-state index in [-0.39, 0.29) is 24.1 Å². The van der Waals surface area contributed by atoms with Crippen LogP contribution in [0.25, 0.3) is 10.9 Å². The topological polar surface area (TPSA) is 76.9 Å². The van der Waals surface area contributed by atoms with Gasteiger partial charge in [-0.15, -0.1) is 5.10 Å². The second-order valence-corrected chi connectivity index (χ2v) is 6.73. The fourth-order valence-corrected chi connectivity index (χ4v) is 2.94. The third-order valence-electron chi connectivity index (χ3n) is 4.17. The van der Waals surface area contributed by atoms with E-state index in [1.165, 1.54) is 0 Å². The molecule has 0 saturated heterocycles. The van der Waals surface area contributed by atoms with Crippen molar-refractivity contribution in [3.8, 4) is 0 Å². The van der Waals surface area contributed by atoms with Crippen LogP contribution in [0.5, 0.6) is 0 Å². The van der Waals surface area contributed by atoms with Crippen LogP contribution in [0.1, 0.15) is 31.9 Å². The van der Waals surface area contributed by atoms with Crippen molar-refractivity contribution >= 4 is 16.8 Å². The molecular weight excluding hydrogens is 328 g/mol. The fourth-order valence-electron chi connectivity index (χ4n) is 2.94. The van der Waals surface area contributed by atoms with E-state index in [0.717, 1.165) is 16.7 Å². The summed E-state index contributed by atoms with van der Waals surface area (Å²) in [6.45, 7) is 4.07. The minimum absolute atomic E-state index is 0.104. The summed E-state index contributed by atoms with van der Waals surface area (Å²) >= 11 is 0. The Morgan fingerprint density at radius 3 is 2.50 bits per heavy atom. The molecule has 26 heavy (non-hydrogen) atoms. The number of nitrogens with one attached hydrogen (secondary N) is 1. The van der Waals surface area contributed by atoms with Crippen LogP contribution in [0.4, 0.5) is 0 Å². The summed E-state index contributed by atoms with van der Waals surface area (Å²) in [7, 11) is 0. The fraction of sp³-hybridized carbons (Fsp3) is 0.300. The SMILES string of the molecule is CC(C)C[C@@H](NC(=O)Cn1nnc2ccccc2c1=O)c1ccccc1. The van der Waals surface area contributed by atoms with E-state index in [1.54, 1.807) is 24.3 Å². The van der Waals surface area contributed by atoms with Gasteiger partial charge in [-0.2, -0.15) is 0 Å². The Bertz CT molecular complexity index is 951. The number of rotatable bonds is 6. The molecule has 1 aromatic heterocycles. The predicted molar refractivity (Wildman–Crippen MR) is 101 cm³/mol. The Kier molecular flexibility index (Phi) is 5.41. The van der Waals surface area contributed by atoms with Gasteiger partial charge in [-0.3, -0.25) is 9.59 Å². The van der Waals surface area contributed by atoms with E-state index in [0.29, 0.717) is 16.8 Å². The Morgan fingerprint density at radius 2 is 1.77 bits per heavy atom. The standard InChI is InChI=1S/C20H22N4O2/c1-14(2)12-18(15-8-4-3-5-9-15)21-19(25)13-24-20(26)16-10-6-7-11-17(16)22-23-24/h3-11,14,18H,12-13H2,1-2H3,(H,21,25)/t18-/m1/s1. The van der Waals surface area contributed by atoms with Gasteiger partial charge in [0.1, 0.15) is 12.1 Å². The maximum absolute atomic E-state index is 12.5. The van der Waals surface area contributed by atoms with Gasteiger partial charge < -0.3 is 5.32 Å². The average Bonchev–Trinajstić information content (AvgIpc) is 2.64. The number of carbonyl (C=O) groups excluding carboxylic acids is 1. The number of hydrogen-bond acceptors (Lipinski definition) is 4. The number of nitrogens with zero attached hydrogens (tertiary/aromatic N) is 3. The third kappa shape index (κ3) is 4.14. The van der Waals surface area contributed by atoms with Crippen molar-refractivity contribution in [1.82, 2.24) is 20.3 Å². The van der Waals surface area contributed by atoms with Crippen molar-refractivity contribution in [3.05, 3.63) is 70.5 Å². The lowest BCUT2D eigenvalue weighted by atomic mass is 9.97. The lowest BCUT2D eigenvalue weighted by Gasteiger charge is -2.21. The molecule has 6 nitrogen and oxygen atoms in total. The lowest BCUT2D eigenvalue weighted by molar-refractivity contribution is -0.122. The van der Waals surface area contributed by atoms with Crippen molar-refractivity contribution in [2.75, 3.05) is 0 Å². The smallest absolute Gasteiger partial charge is 0.278 e. The van der Waals surface area contributed by atoms with Crippen molar-refractivity contribution in [2.24, 2.45) is 5.92 Å². The highest BCUT2D eigenvalue weighted by molar-refractivity contribution is 5.78. The predicted octanol–water partition coefficient (Wildman–Crippen LogP) is 2.70. The number of aromatic nitrogens is 3. The Balaban J connectivity index is 1.78. The first-order valence-electron chi connectivity index (χ1n) is 8.71. The van der Waals surface area contributed by atoms with Crippen molar-refractivity contribution in [2.45, 2.75) is 32.9 Å². The molecule has 0 aliphatic heterocycles. The maximum atomic E-state index is 12.5. The second-order valence-electron chi connectivity index (χ2n) is 6.73. The highest BCUT2D eigenvalue weighted by Crippen LogP contribution is 2.21. The average molecular weight is 350 g/mol. The van der Waals surface area contributed by atoms with Crippen LogP contribution in [0.3, 0.4) is 0 Å². The van der Waals surface area contributed by atoms with Crippen molar-refractivity contribution < 1.29 is 4.79 Å². The third-order valence-corrected chi connectivity index (χ3v) is 4.17. The highest BCUT2D eigenvalue weighted by atomic mass is 16.2. The zero-order valence-corrected chi connectivity index (χ0v) is 14.9. The van der Waals surface area contributed by atoms with Gasteiger partial charge in [0.2, 0.25) is 5.91 Å². The molecule has 2 aromatic carbocycles. The van der Waals surface area contributed by atoms with Gasteiger partial charge in [-0.05, 0) is 30.0 Å². The highest BCUT2D eigenvalue weighted by Gasteiger charge is 2.17. The molecular formula is C20H22N4O2. The van der Waals surface area contributed by atoms with Crippen molar-refractivity contribution in [1.29, 1.82) is 0 Å². The summed E-state index contributed by atoms with van der Waals surface area (Å²) in [5.41, 5.74) is 1.26. The number of fused-ring (bicyclic) bond motifs is 1. The molecule has 0 bridgehead atoms. The van der Waals surface area contributed by atoms with Gasteiger partial charge in [-0.1, -0.05) is 61.5 Å². The quantitative estimate of drug-likeness (QED) is 0.741. The Hall–Kier alpha value is -3.02. The van der Waals surface area contributed by atoms with E-state index in [2.05, 4.69) is 29.5 Å². The van der Waals surface area contributed by atoms with Gasteiger partial charge in [0.25, 0.3) is 5.56 Å². The van der Waals surface area contributed by atoms with Gasteiger partial charge in [0.15, 0.2) is 0 Å². The van der Waals surface area contributed by atoms with Gasteiger partial charge in [0.05, 0.1) is 11.4 Å². The molecule has 1 atom stereocenters. The zero-order valence-electron chi connectivity index (χ0n) is 14.9. The number of carbonyl (C=O) groups is 1. The van der Waals surface area contributed by atoms with E-state index in [1.807, 2.05) is 30.3 Å². The first-order valence-corrected chi connectivity index (χ1v) is 8.71. The number of benzene rings is 2. The van der Waals surface area contributed by atoms with Crippen LogP contribution < -0.4 is 10.9 Å². The molecule has 3 aromatic rings. The molecule has 1 amide bonds. The summed E-state index contributed by atoms with van der Waals surface area (Å²) in [6.07, 6.45) is 0.814. The monoisotopic (exact) mass is 350 g/mol. The van der Waals surface area contributed by atoms with Crippen LogP contribution in [-0.4, -0.2) is 20.9 Å². The first-order chi connectivity index (χ1) is 12.5. The van der Waals surface area contributed by atoms with Crippen LogP contribution in [0, 0.1) is 5.92 Å². The summed E-state index contributed by atoms with van der Waals surface area (Å²) in [6, 6.07) is 16.7. The van der Waals surface area contributed by atoms with Crippen LogP contribution in [0.15, 0.2) is 59.4 Å². The minimum Gasteiger partial charge on any atom is -0.348 e. The van der Waals surface area contributed by atoms with E-state index >= 15 is 0 Å². The van der Waals surface area contributed by atoms with E-state index < -0.39 is 0 Å². The van der Waals surface area contributed by atoms with Crippen LogP contribution >= 0.6 is 0 Å². The second kappa shape index (κ2) is 7.91. The molecule has 0 saturated carbocycles. The molecule has 0 radical (unpaired) electrons. The molecule has 0 spiro atoms. The summed E-state index contributed by atoms with van der Waals surface area (Å²) < 4.78 is 1.11. The Morgan fingerprint density at radius 1 is 1.08 bits per heavy atom. The van der Waals surface area contributed by atoms with E-state index in [9.17, 15) is 9.59 Å². The molecule has 0 unspecified atom stereocenters. The summed E-state index contributed by atoms with van der Waals surface area (Å²) in [5.74, 6) is 0.162. The molecule has 1 heterocycles. The molecule has 0 fully saturated rings. The zero-order chi connectivity index (χ0) is 18.5. The molecule has 0 aliphatic rings. The minimum atomic E-state index is -0.314. The number of amides is 1. The molecule has 0 aliphatic carbocycles. The first kappa shape index (κ1) is 17.8. The maximum Gasteiger partial charge on any atom is 0.278 e. The largest absolute Gasteiger partial charge is 0.348 e. The molecule has 134 valence electrons. The lowest BCUT2D eigenvalue weighted by Crippen LogP contribution is -2.36. The molecule has 1 N–H and O–H groups in total. The van der Waals surface area contributed by atoms with Gasteiger partial charge in [-0.25, -0.2) is 4.68 Å². The molecule has 3 rings (SSSR count).